The molecule has 130 valence electrons. The molecule has 1 aliphatic carbocycles. The number of nitrogens with one attached hydrogen (secondary N) is 1. The number of nitrogens with zero attached hydrogens (tertiary/aromatic N) is 2. The van der Waals surface area contributed by atoms with Crippen LogP contribution in [-0.4, -0.2) is 20.6 Å². The number of carbonyl (C=O) groups excluding carboxylic acids is 1. The van der Waals surface area contributed by atoms with Gasteiger partial charge in [0.15, 0.2) is 5.69 Å². The number of amides is 1. The lowest BCUT2D eigenvalue weighted by molar-refractivity contribution is 0.0942. The van der Waals surface area contributed by atoms with Crippen LogP contribution in [0.4, 0.5) is 4.39 Å². The fraction of sp³-hybridized carbons (Fsp3) is 0.278. The van der Waals surface area contributed by atoms with E-state index in [1.165, 1.54) is 23.7 Å². The van der Waals surface area contributed by atoms with Crippen LogP contribution < -0.4 is 10.9 Å². The zero-order chi connectivity index (χ0) is 18.0. The molecule has 0 spiro atoms. The zero-order valence-corrected chi connectivity index (χ0v) is 13.8. The lowest BCUT2D eigenvalue weighted by atomic mass is 10.2. The summed E-state index contributed by atoms with van der Waals surface area (Å²) in [6.45, 7) is 0.132. The van der Waals surface area contributed by atoms with Crippen LogP contribution in [0.3, 0.4) is 0 Å². The third-order valence-electron chi connectivity index (χ3n) is 4.18. The Balaban J connectivity index is 1.86. The van der Waals surface area contributed by atoms with Crippen LogP contribution in [-0.2, 0) is 13.6 Å². The molecule has 3 rings (SSSR count). The summed E-state index contributed by atoms with van der Waals surface area (Å²) < 4.78 is 14.2. The van der Waals surface area contributed by atoms with E-state index in [-0.39, 0.29) is 18.1 Å². The number of aromatic hydroxyl groups is 1. The lowest BCUT2D eigenvalue weighted by Gasteiger charge is -2.12. The van der Waals surface area contributed by atoms with Gasteiger partial charge in [-0.1, -0.05) is 18.2 Å². The number of benzene rings is 1. The van der Waals surface area contributed by atoms with Crippen LogP contribution in [0.1, 0.15) is 41.1 Å². The highest BCUT2D eigenvalue weighted by Gasteiger charge is 2.22. The van der Waals surface area contributed by atoms with Crippen molar-refractivity contribution in [2.24, 2.45) is 7.05 Å². The van der Waals surface area contributed by atoms with Gasteiger partial charge in [0.1, 0.15) is 11.6 Å². The van der Waals surface area contributed by atoms with Crippen LogP contribution in [0.15, 0.2) is 35.1 Å². The first-order valence-electron chi connectivity index (χ1n) is 7.99. The molecular formula is C18H18FN3O3. The van der Waals surface area contributed by atoms with Crippen LogP contribution in [0.25, 0.3) is 5.57 Å². The molecule has 2 aromatic rings. The topological polar surface area (TPSA) is 84.2 Å². The standard InChI is InChI=1S/C18H18FN3O3/c1-22-16(12-4-2-3-5-12)21-14(15(23)18(22)25)17(24)20-10-11-6-8-13(19)9-7-11/h4,6-9,23H,2-3,5,10H2,1H3,(H,20,24). The van der Waals surface area contributed by atoms with Gasteiger partial charge >= 0.3 is 0 Å². The van der Waals surface area contributed by atoms with Gasteiger partial charge < -0.3 is 10.4 Å². The highest BCUT2D eigenvalue weighted by atomic mass is 19.1. The van der Waals surface area contributed by atoms with Crippen molar-refractivity contribution in [2.75, 3.05) is 0 Å². The maximum Gasteiger partial charge on any atom is 0.296 e. The Morgan fingerprint density at radius 2 is 2.08 bits per heavy atom. The Labute approximate surface area is 143 Å². The molecule has 1 aromatic carbocycles. The third-order valence-corrected chi connectivity index (χ3v) is 4.18. The molecule has 0 saturated carbocycles. The predicted molar refractivity (Wildman–Crippen MR) is 90.5 cm³/mol. The molecule has 25 heavy (non-hydrogen) atoms. The average Bonchev–Trinajstić information content (AvgIpc) is 3.13. The van der Waals surface area contributed by atoms with Crippen LogP contribution >= 0.6 is 0 Å². The second-order valence-electron chi connectivity index (χ2n) is 5.93. The van der Waals surface area contributed by atoms with Gasteiger partial charge in [-0.15, -0.1) is 0 Å². The minimum absolute atomic E-state index is 0.132. The number of halogens is 1. The smallest absolute Gasteiger partial charge is 0.296 e. The Morgan fingerprint density at radius 1 is 1.36 bits per heavy atom. The Morgan fingerprint density at radius 3 is 2.72 bits per heavy atom. The molecule has 1 aromatic heterocycles. The maximum atomic E-state index is 12.9. The summed E-state index contributed by atoms with van der Waals surface area (Å²) in [6, 6.07) is 5.67. The van der Waals surface area contributed by atoms with Crippen molar-refractivity contribution in [3.63, 3.8) is 0 Å². The van der Waals surface area contributed by atoms with Crippen molar-refractivity contribution < 1.29 is 14.3 Å². The van der Waals surface area contributed by atoms with Crippen LogP contribution in [0, 0.1) is 5.82 Å². The number of rotatable bonds is 4. The number of hydrogen-bond donors (Lipinski definition) is 2. The summed E-state index contributed by atoms with van der Waals surface area (Å²) in [5.41, 5.74) is 0.627. The Kier molecular flexibility index (Phi) is 4.65. The maximum absolute atomic E-state index is 12.9. The predicted octanol–water partition coefficient (Wildman–Crippen LogP) is 2.12. The van der Waals surface area contributed by atoms with Gasteiger partial charge in [-0.2, -0.15) is 0 Å². The Bertz CT molecular complexity index is 901. The SMILES string of the molecule is Cn1c(C2=CCCC2)nc(C(=O)NCc2ccc(F)cc2)c(O)c1=O. The zero-order valence-electron chi connectivity index (χ0n) is 13.8. The van der Waals surface area contributed by atoms with Crippen molar-refractivity contribution in [3.8, 4) is 5.75 Å². The van der Waals surface area contributed by atoms with E-state index >= 15 is 0 Å². The van der Waals surface area contributed by atoms with E-state index in [4.69, 9.17) is 0 Å². The van der Waals surface area contributed by atoms with E-state index in [0.29, 0.717) is 11.4 Å². The van der Waals surface area contributed by atoms with E-state index in [9.17, 15) is 19.1 Å². The van der Waals surface area contributed by atoms with E-state index < -0.39 is 17.2 Å². The normalized spacial score (nSPS) is 13.6. The van der Waals surface area contributed by atoms with E-state index in [1.54, 1.807) is 12.1 Å². The van der Waals surface area contributed by atoms with Gasteiger partial charge in [0.25, 0.3) is 11.5 Å². The van der Waals surface area contributed by atoms with Crippen molar-refractivity contribution in [1.29, 1.82) is 0 Å². The molecule has 0 saturated heterocycles. The number of carbonyl (C=O) groups is 1. The summed E-state index contributed by atoms with van der Waals surface area (Å²) in [5, 5.41) is 12.6. The van der Waals surface area contributed by atoms with Gasteiger partial charge in [0.2, 0.25) is 5.75 Å². The Hall–Kier alpha value is -2.96. The minimum Gasteiger partial charge on any atom is -0.501 e. The van der Waals surface area contributed by atoms with Crippen LogP contribution in [0.2, 0.25) is 0 Å². The molecule has 0 atom stereocenters. The van der Waals surface area contributed by atoms with Crippen LogP contribution in [0.5, 0.6) is 5.75 Å². The fourth-order valence-corrected chi connectivity index (χ4v) is 2.78. The first-order valence-corrected chi connectivity index (χ1v) is 7.99. The van der Waals surface area contributed by atoms with Crippen molar-refractivity contribution in [3.05, 3.63) is 63.6 Å². The molecular weight excluding hydrogens is 325 g/mol. The molecule has 1 heterocycles. The second-order valence-corrected chi connectivity index (χ2v) is 5.93. The number of hydrogen-bond acceptors (Lipinski definition) is 4. The molecule has 0 radical (unpaired) electrons. The molecule has 0 aliphatic heterocycles. The summed E-state index contributed by atoms with van der Waals surface area (Å²) in [7, 11) is 1.52. The van der Waals surface area contributed by atoms with Gasteiger partial charge in [-0.25, -0.2) is 9.37 Å². The summed E-state index contributed by atoms with van der Waals surface area (Å²) in [6.07, 6.45) is 4.64. The van der Waals surface area contributed by atoms with Gasteiger partial charge in [-0.05, 0) is 42.5 Å². The van der Waals surface area contributed by atoms with Gasteiger partial charge in [-0.3, -0.25) is 14.2 Å². The minimum atomic E-state index is -0.679. The largest absolute Gasteiger partial charge is 0.501 e. The summed E-state index contributed by atoms with van der Waals surface area (Å²) >= 11 is 0. The fourth-order valence-electron chi connectivity index (χ4n) is 2.78. The highest BCUT2D eigenvalue weighted by Crippen LogP contribution is 2.26. The molecule has 7 heteroatoms. The van der Waals surface area contributed by atoms with Crippen molar-refractivity contribution >= 4 is 11.5 Å². The molecule has 2 N–H and O–H groups in total. The van der Waals surface area contributed by atoms with E-state index in [1.807, 2.05) is 6.08 Å². The van der Waals surface area contributed by atoms with Crippen molar-refractivity contribution in [1.82, 2.24) is 14.9 Å². The molecule has 0 unspecified atom stereocenters. The molecule has 0 fully saturated rings. The summed E-state index contributed by atoms with van der Waals surface area (Å²) in [4.78, 5) is 28.8. The first kappa shape index (κ1) is 16.9. The van der Waals surface area contributed by atoms with E-state index in [2.05, 4.69) is 10.3 Å². The van der Waals surface area contributed by atoms with Gasteiger partial charge in [0, 0.05) is 13.6 Å². The molecule has 0 bridgehead atoms. The van der Waals surface area contributed by atoms with Gasteiger partial charge in [0.05, 0.1) is 0 Å². The lowest BCUT2D eigenvalue weighted by Crippen LogP contribution is -2.30. The summed E-state index contributed by atoms with van der Waals surface area (Å²) in [5.74, 6) is -1.30. The monoisotopic (exact) mass is 343 g/mol. The number of aromatic nitrogens is 2. The highest BCUT2D eigenvalue weighted by molar-refractivity contribution is 5.95. The molecule has 1 amide bonds. The molecule has 1 aliphatic rings. The van der Waals surface area contributed by atoms with E-state index in [0.717, 1.165) is 24.8 Å². The third kappa shape index (κ3) is 3.45. The molecule has 6 nitrogen and oxygen atoms in total. The quantitative estimate of drug-likeness (QED) is 0.891. The number of allylic oxidation sites excluding steroid dienone is 2. The second kappa shape index (κ2) is 6.88. The van der Waals surface area contributed by atoms with Crippen molar-refractivity contribution in [2.45, 2.75) is 25.8 Å². The first-order chi connectivity index (χ1) is 12.0. The average molecular weight is 343 g/mol.